The number of nitrogens with zero attached hydrogens (tertiary/aromatic N) is 1. The molecule has 2 heterocycles. The highest BCUT2D eigenvalue weighted by molar-refractivity contribution is 7.26. The van der Waals surface area contributed by atoms with Gasteiger partial charge in [-0.25, -0.2) is 0 Å². The van der Waals surface area contributed by atoms with Crippen molar-refractivity contribution in [1.29, 1.82) is 0 Å². The first-order chi connectivity index (χ1) is 26.3. The Hall–Kier alpha value is -6.68. The van der Waals surface area contributed by atoms with Gasteiger partial charge in [-0.1, -0.05) is 133 Å². The summed E-state index contributed by atoms with van der Waals surface area (Å²) in [4.78, 5) is 2.41. The molecule has 0 aliphatic heterocycles. The van der Waals surface area contributed by atoms with Crippen molar-refractivity contribution in [2.24, 2.45) is 0 Å². The van der Waals surface area contributed by atoms with Crippen molar-refractivity contribution >= 4 is 92.1 Å². The van der Waals surface area contributed by atoms with Crippen LogP contribution in [0.4, 0.5) is 17.1 Å². The number of para-hydroxylation sites is 1. The van der Waals surface area contributed by atoms with Crippen LogP contribution in [0.25, 0.3) is 85.9 Å². The molecule has 11 aromatic rings. The maximum atomic E-state index is 6.61. The van der Waals surface area contributed by atoms with E-state index in [4.69, 9.17) is 4.42 Å². The highest BCUT2D eigenvalue weighted by Gasteiger charge is 2.20. The molecule has 9 aromatic carbocycles. The summed E-state index contributed by atoms with van der Waals surface area (Å²) in [5.74, 6) is 0. The number of benzene rings is 9. The summed E-state index contributed by atoms with van der Waals surface area (Å²) in [5.41, 5.74) is 9.85. The Morgan fingerprint density at radius 3 is 1.77 bits per heavy atom. The largest absolute Gasteiger partial charge is 0.455 e. The fourth-order valence-electron chi connectivity index (χ4n) is 8.22. The molecular weight excluding hydrogens is 663 g/mol. The van der Waals surface area contributed by atoms with E-state index in [1.54, 1.807) is 0 Å². The first-order valence-electron chi connectivity index (χ1n) is 18.0. The molecule has 248 valence electrons. The molecule has 0 bridgehead atoms. The minimum absolute atomic E-state index is 0.908. The molecule has 0 unspecified atom stereocenters. The summed E-state index contributed by atoms with van der Waals surface area (Å²) in [6.07, 6.45) is 0. The molecule has 0 amide bonds. The predicted molar refractivity (Wildman–Crippen MR) is 227 cm³/mol. The van der Waals surface area contributed by atoms with Crippen molar-refractivity contribution in [2.75, 3.05) is 4.90 Å². The third-order valence-electron chi connectivity index (χ3n) is 10.7. The molecule has 0 atom stereocenters. The van der Waals surface area contributed by atoms with Gasteiger partial charge in [-0.05, 0) is 92.8 Å². The monoisotopic (exact) mass is 693 g/mol. The third-order valence-corrected chi connectivity index (χ3v) is 11.8. The Labute approximate surface area is 310 Å². The van der Waals surface area contributed by atoms with Crippen LogP contribution in [-0.2, 0) is 0 Å². The van der Waals surface area contributed by atoms with E-state index in [-0.39, 0.29) is 0 Å². The molecule has 0 spiro atoms. The van der Waals surface area contributed by atoms with Crippen LogP contribution >= 0.6 is 11.3 Å². The van der Waals surface area contributed by atoms with E-state index >= 15 is 0 Å². The standard InChI is InChI=1S/C50H31NOS/c1-3-14-38-32(11-1)13-9-18-39(38)33-23-27-36(28-24-33)51(44-19-10-22-47-49(44)42-17-6-8-21-46(42)53-47)37-29-25-34(26-30-37)43-31-35-12-2-4-15-40(35)48-41-16-5-7-20-45(41)52-50(43)48/h1-31H. The Morgan fingerprint density at radius 1 is 0.396 bits per heavy atom. The van der Waals surface area contributed by atoms with Gasteiger partial charge in [0.15, 0.2) is 0 Å². The van der Waals surface area contributed by atoms with E-state index in [1.165, 1.54) is 58.2 Å². The van der Waals surface area contributed by atoms with Crippen LogP contribution < -0.4 is 4.90 Å². The topological polar surface area (TPSA) is 16.4 Å². The van der Waals surface area contributed by atoms with Gasteiger partial charge in [0.25, 0.3) is 0 Å². The van der Waals surface area contributed by atoms with Crippen LogP contribution in [-0.4, -0.2) is 0 Å². The van der Waals surface area contributed by atoms with E-state index < -0.39 is 0 Å². The molecule has 0 radical (unpaired) electrons. The molecule has 3 heteroatoms. The maximum Gasteiger partial charge on any atom is 0.143 e. The number of hydrogen-bond acceptors (Lipinski definition) is 3. The van der Waals surface area contributed by atoms with Gasteiger partial charge in [0.05, 0.1) is 5.69 Å². The average molecular weight is 694 g/mol. The first kappa shape index (κ1) is 30.0. The maximum absolute atomic E-state index is 6.61. The van der Waals surface area contributed by atoms with Crippen molar-refractivity contribution < 1.29 is 4.42 Å². The van der Waals surface area contributed by atoms with Crippen LogP contribution in [0, 0.1) is 0 Å². The average Bonchev–Trinajstić information content (AvgIpc) is 3.81. The quantitative estimate of drug-likeness (QED) is 0.178. The van der Waals surface area contributed by atoms with Gasteiger partial charge < -0.3 is 9.32 Å². The van der Waals surface area contributed by atoms with Gasteiger partial charge >= 0.3 is 0 Å². The lowest BCUT2D eigenvalue weighted by molar-refractivity contribution is 0.670. The lowest BCUT2D eigenvalue weighted by Crippen LogP contribution is -2.10. The SMILES string of the molecule is c1ccc2c(-c3ccc(N(c4ccc(-c5cc6ccccc6c6c5oc5ccccc56)cc4)c4cccc5sc6ccccc6c45)cc3)cccc2c1. The van der Waals surface area contributed by atoms with Crippen LogP contribution in [0.3, 0.4) is 0 Å². The van der Waals surface area contributed by atoms with E-state index in [0.29, 0.717) is 0 Å². The van der Waals surface area contributed by atoms with Gasteiger partial charge in [-0.15, -0.1) is 11.3 Å². The molecule has 2 aromatic heterocycles. The number of fused-ring (bicyclic) bond motifs is 9. The molecule has 2 nitrogen and oxygen atoms in total. The zero-order valence-corrected chi connectivity index (χ0v) is 29.5. The van der Waals surface area contributed by atoms with Gasteiger partial charge in [0.1, 0.15) is 11.2 Å². The minimum atomic E-state index is 0.908. The number of anilines is 3. The minimum Gasteiger partial charge on any atom is -0.455 e. The van der Waals surface area contributed by atoms with E-state index in [1.807, 2.05) is 17.4 Å². The predicted octanol–water partition coefficient (Wildman–Crippen LogP) is 15.1. The number of thiophene rings is 1. The fourth-order valence-corrected chi connectivity index (χ4v) is 9.34. The summed E-state index contributed by atoms with van der Waals surface area (Å²) in [6, 6.07) is 67.9. The molecular formula is C50H31NOS. The summed E-state index contributed by atoms with van der Waals surface area (Å²) < 4.78 is 9.18. The van der Waals surface area contributed by atoms with Crippen LogP contribution in [0.15, 0.2) is 192 Å². The molecule has 11 rings (SSSR count). The number of hydrogen-bond donors (Lipinski definition) is 0. The third kappa shape index (κ3) is 4.78. The van der Waals surface area contributed by atoms with Crippen LogP contribution in [0.1, 0.15) is 0 Å². The molecule has 0 saturated heterocycles. The van der Waals surface area contributed by atoms with Gasteiger partial charge in [0.2, 0.25) is 0 Å². The smallest absolute Gasteiger partial charge is 0.143 e. The fraction of sp³-hybridized carbons (Fsp3) is 0. The van der Waals surface area contributed by atoms with Crippen molar-refractivity contribution in [3.8, 4) is 22.3 Å². The molecule has 0 aliphatic carbocycles. The van der Waals surface area contributed by atoms with Gasteiger partial charge in [-0.3, -0.25) is 0 Å². The van der Waals surface area contributed by atoms with Crippen molar-refractivity contribution in [3.05, 3.63) is 188 Å². The molecule has 53 heavy (non-hydrogen) atoms. The van der Waals surface area contributed by atoms with E-state index in [0.717, 1.165) is 44.7 Å². The second-order valence-electron chi connectivity index (χ2n) is 13.7. The number of rotatable bonds is 5. The van der Waals surface area contributed by atoms with Crippen molar-refractivity contribution in [2.45, 2.75) is 0 Å². The van der Waals surface area contributed by atoms with Crippen LogP contribution in [0.2, 0.25) is 0 Å². The van der Waals surface area contributed by atoms with Gasteiger partial charge in [0, 0.05) is 47.9 Å². The molecule has 0 aliphatic rings. The van der Waals surface area contributed by atoms with Gasteiger partial charge in [-0.2, -0.15) is 0 Å². The van der Waals surface area contributed by atoms with Crippen LogP contribution in [0.5, 0.6) is 0 Å². The first-order valence-corrected chi connectivity index (χ1v) is 18.8. The normalized spacial score (nSPS) is 11.8. The summed E-state index contributed by atoms with van der Waals surface area (Å²) >= 11 is 1.85. The Bertz CT molecular complexity index is 3160. The summed E-state index contributed by atoms with van der Waals surface area (Å²) in [7, 11) is 0. The zero-order valence-electron chi connectivity index (χ0n) is 28.7. The number of furan rings is 1. The van der Waals surface area contributed by atoms with Crippen molar-refractivity contribution in [3.63, 3.8) is 0 Å². The summed E-state index contributed by atoms with van der Waals surface area (Å²) in [6.45, 7) is 0. The van der Waals surface area contributed by atoms with E-state index in [9.17, 15) is 0 Å². The summed E-state index contributed by atoms with van der Waals surface area (Å²) in [5, 5.41) is 9.79. The highest BCUT2D eigenvalue weighted by Crippen LogP contribution is 2.46. The molecule has 0 saturated carbocycles. The lowest BCUT2D eigenvalue weighted by atomic mass is 9.96. The second kappa shape index (κ2) is 11.9. The Balaban J connectivity index is 1.09. The second-order valence-corrected chi connectivity index (χ2v) is 14.7. The lowest BCUT2D eigenvalue weighted by Gasteiger charge is -2.27. The Morgan fingerprint density at radius 2 is 0.981 bits per heavy atom. The molecule has 0 N–H and O–H groups in total. The van der Waals surface area contributed by atoms with E-state index in [2.05, 4.69) is 187 Å². The highest BCUT2D eigenvalue weighted by atomic mass is 32.1. The van der Waals surface area contributed by atoms with Crippen molar-refractivity contribution in [1.82, 2.24) is 0 Å². The molecule has 0 fully saturated rings. The zero-order chi connectivity index (χ0) is 34.9. The Kier molecular flexibility index (Phi) is 6.76.